The normalized spacial score (nSPS) is 10.8. The lowest BCUT2D eigenvalue weighted by molar-refractivity contribution is -0.116. The van der Waals surface area contributed by atoms with E-state index in [0.717, 1.165) is 10.9 Å². The average molecular weight is 349 g/mol. The highest BCUT2D eigenvalue weighted by Gasteiger charge is 2.10. The Balaban J connectivity index is 1.56. The smallest absolute Gasteiger partial charge is 0.228 e. The van der Waals surface area contributed by atoms with Gasteiger partial charge in [-0.05, 0) is 11.6 Å². The lowest BCUT2D eigenvalue weighted by atomic mass is 10.1. The summed E-state index contributed by atoms with van der Waals surface area (Å²) in [7, 11) is 0. The van der Waals surface area contributed by atoms with E-state index in [1.807, 2.05) is 0 Å². The van der Waals surface area contributed by atoms with Crippen molar-refractivity contribution in [3.05, 3.63) is 59.1 Å². The van der Waals surface area contributed by atoms with E-state index in [4.69, 9.17) is 0 Å². The molecule has 0 aliphatic rings. The van der Waals surface area contributed by atoms with Crippen LogP contribution in [-0.2, 0) is 17.8 Å². The Morgan fingerprint density at radius 1 is 1.33 bits per heavy atom. The number of hydrogen-bond donors (Lipinski definition) is 1. The fourth-order valence-electron chi connectivity index (χ4n) is 2.05. The molecule has 0 saturated heterocycles. The standard InChI is InChI=1S/C15H13F2N5OS/c16-11-2-1-10(13(17)6-11)5-12-7-19-15(24-12)21-14(23)3-4-22-9-18-8-20-22/h1-2,6-9H,3-5H2,(H,19,21,23). The minimum atomic E-state index is -0.610. The van der Waals surface area contributed by atoms with Crippen molar-refractivity contribution in [1.82, 2.24) is 19.7 Å². The van der Waals surface area contributed by atoms with Gasteiger partial charge >= 0.3 is 0 Å². The first-order valence-electron chi connectivity index (χ1n) is 7.11. The number of amides is 1. The third-order valence-corrected chi connectivity index (χ3v) is 4.13. The maximum Gasteiger partial charge on any atom is 0.228 e. The summed E-state index contributed by atoms with van der Waals surface area (Å²) in [6.07, 6.45) is 5.04. The zero-order valence-corrected chi connectivity index (χ0v) is 13.3. The molecule has 24 heavy (non-hydrogen) atoms. The topological polar surface area (TPSA) is 72.7 Å². The number of benzene rings is 1. The zero-order valence-electron chi connectivity index (χ0n) is 12.4. The average Bonchev–Trinajstić information content (AvgIpc) is 3.20. The van der Waals surface area contributed by atoms with Gasteiger partial charge in [0, 0.05) is 30.0 Å². The van der Waals surface area contributed by atoms with Crippen LogP contribution in [0.4, 0.5) is 13.9 Å². The lowest BCUT2D eigenvalue weighted by Crippen LogP contribution is -2.14. The lowest BCUT2D eigenvalue weighted by Gasteiger charge is -2.02. The minimum Gasteiger partial charge on any atom is -0.302 e. The quantitative estimate of drug-likeness (QED) is 0.742. The maximum absolute atomic E-state index is 13.6. The molecule has 1 aromatic carbocycles. The molecule has 0 saturated carbocycles. The summed E-state index contributed by atoms with van der Waals surface area (Å²) >= 11 is 1.25. The van der Waals surface area contributed by atoms with Gasteiger partial charge in [0.1, 0.15) is 24.3 Å². The van der Waals surface area contributed by atoms with Crippen molar-refractivity contribution in [3.8, 4) is 0 Å². The third kappa shape index (κ3) is 4.19. The number of nitrogens with one attached hydrogen (secondary N) is 1. The summed E-state index contributed by atoms with van der Waals surface area (Å²) in [5, 5.41) is 7.04. The second kappa shape index (κ2) is 7.26. The molecule has 6 nitrogen and oxygen atoms in total. The number of carbonyl (C=O) groups is 1. The van der Waals surface area contributed by atoms with E-state index in [1.54, 1.807) is 10.9 Å². The minimum absolute atomic E-state index is 0.195. The Morgan fingerprint density at radius 2 is 2.21 bits per heavy atom. The van der Waals surface area contributed by atoms with Crippen LogP contribution in [0.5, 0.6) is 0 Å². The Morgan fingerprint density at radius 3 is 2.96 bits per heavy atom. The van der Waals surface area contributed by atoms with Crippen molar-refractivity contribution in [2.75, 3.05) is 5.32 Å². The van der Waals surface area contributed by atoms with E-state index in [2.05, 4.69) is 20.4 Å². The summed E-state index contributed by atoms with van der Waals surface area (Å²) in [6.45, 7) is 0.421. The molecule has 3 rings (SSSR count). The second-order valence-electron chi connectivity index (χ2n) is 5.00. The van der Waals surface area contributed by atoms with Gasteiger partial charge in [-0.1, -0.05) is 6.07 Å². The summed E-state index contributed by atoms with van der Waals surface area (Å²) in [4.78, 5) is 20.5. The summed E-state index contributed by atoms with van der Waals surface area (Å²) in [5.41, 5.74) is 0.379. The molecule has 0 unspecified atom stereocenters. The van der Waals surface area contributed by atoms with Crippen molar-refractivity contribution in [3.63, 3.8) is 0 Å². The van der Waals surface area contributed by atoms with E-state index in [9.17, 15) is 13.6 Å². The number of aromatic nitrogens is 4. The number of halogens is 2. The predicted molar refractivity (Wildman–Crippen MR) is 84.5 cm³/mol. The van der Waals surface area contributed by atoms with Gasteiger partial charge in [-0.25, -0.2) is 18.7 Å². The van der Waals surface area contributed by atoms with Crippen LogP contribution < -0.4 is 5.32 Å². The number of aryl methyl sites for hydroxylation is 1. The molecule has 1 N–H and O–H groups in total. The number of carbonyl (C=O) groups excluding carboxylic acids is 1. The van der Waals surface area contributed by atoms with Crippen LogP contribution in [0, 0.1) is 11.6 Å². The van der Waals surface area contributed by atoms with Crippen molar-refractivity contribution >= 4 is 22.4 Å². The van der Waals surface area contributed by atoms with Crippen LogP contribution in [-0.4, -0.2) is 25.7 Å². The molecule has 2 aromatic heterocycles. The Bertz CT molecular complexity index is 834. The number of rotatable bonds is 6. The van der Waals surface area contributed by atoms with Crippen LogP contribution in [0.1, 0.15) is 16.9 Å². The Hall–Kier alpha value is -2.68. The number of anilines is 1. The van der Waals surface area contributed by atoms with Crippen molar-refractivity contribution < 1.29 is 13.6 Å². The van der Waals surface area contributed by atoms with Gasteiger partial charge in [-0.3, -0.25) is 9.48 Å². The van der Waals surface area contributed by atoms with Gasteiger partial charge in [-0.2, -0.15) is 5.10 Å². The van der Waals surface area contributed by atoms with E-state index in [1.165, 1.54) is 36.1 Å². The van der Waals surface area contributed by atoms with Crippen LogP contribution >= 0.6 is 11.3 Å². The monoisotopic (exact) mass is 349 g/mol. The number of nitrogens with zero attached hydrogens (tertiary/aromatic N) is 4. The fraction of sp³-hybridized carbons (Fsp3) is 0.200. The number of thiazole rings is 1. The molecule has 0 spiro atoms. The van der Waals surface area contributed by atoms with Gasteiger partial charge in [0.15, 0.2) is 5.13 Å². The molecule has 0 fully saturated rings. The highest BCUT2D eigenvalue weighted by atomic mass is 32.1. The van der Waals surface area contributed by atoms with Gasteiger partial charge in [0.2, 0.25) is 5.91 Å². The first-order valence-corrected chi connectivity index (χ1v) is 7.93. The molecule has 2 heterocycles. The first kappa shape index (κ1) is 16.2. The highest BCUT2D eigenvalue weighted by Crippen LogP contribution is 2.22. The second-order valence-corrected chi connectivity index (χ2v) is 6.12. The molecule has 0 aliphatic heterocycles. The number of hydrogen-bond acceptors (Lipinski definition) is 5. The van der Waals surface area contributed by atoms with Crippen LogP contribution in [0.2, 0.25) is 0 Å². The van der Waals surface area contributed by atoms with Crippen molar-refractivity contribution in [1.29, 1.82) is 0 Å². The molecule has 0 bridgehead atoms. The molecule has 124 valence electrons. The molecule has 1 amide bonds. The maximum atomic E-state index is 13.6. The molecule has 0 radical (unpaired) electrons. The summed E-state index contributed by atoms with van der Waals surface area (Å²) in [6, 6.07) is 3.47. The fourth-order valence-corrected chi connectivity index (χ4v) is 2.90. The van der Waals surface area contributed by atoms with Gasteiger partial charge in [-0.15, -0.1) is 11.3 Å². The van der Waals surface area contributed by atoms with Gasteiger partial charge in [0.25, 0.3) is 0 Å². The van der Waals surface area contributed by atoms with E-state index < -0.39 is 11.6 Å². The Labute approximate surface area is 140 Å². The Kier molecular flexibility index (Phi) is 4.90. The van der Waals surface area contributed by atoms with Gasteiger partial charge < -0.3 is 5.32 Å². The molecule has 3 aromatic rings. The first-order chi connectivity index (χ1) is 11.6. The predicted octanol–water partition coefficient (Wildman–Crippen LogP) is 2.63. The zero-order chi connectivity index (χ0) is 16.9. The van der Waals surface area contributed by atoms with Crippen molar-refractivity contribution in [2.45, 2.75) is 19.4 Å². The molecular weight excluding hydrogens is 336 g/mol. The molecule has 0 atom stereocenters. The van der Waals surface area contributed by atoms with Crippen molar-refractivity contribution in [2.24, 2.45) is 0 Å². The SMILES string of the molecule is O=C(CCn1cncn1)Nc1ncc(Cc2ccc(F)cc2F)s1. The van der Waals surface area contributed by atoms with Crippen LogP contribution in [0.3, 0.4) is 0 Å². The van der Waals surface area contributed by atoms with Crippen LogP contribution in [0.15, 0.2) is 37.1 Å². The van der Waals surface area contributed by atoms with E-state index in [-0.39, 0.29) is 12.3 Å². The summed E-state index contributed by atoms with van der Waals surface area (Å²) < 4.78 is 28.1. The van der Waals surface area contributed by atoms with E-state index in [0.29, 0.717) is 23.7 Å². The third-order valence-electron chi connectivity index (χ3n) is 3.21. The highest BCUT2D eigenvalue weighted by molar-refractivity contribution is 7.15. The molecule has 0 aliphatic carbocycles. The molecule has 9 heteroatoms. The summed E-state index contributed by atoms with van der Waals surface area (Å²) in [5.74, 6) is -1.40. The van der Waals surface area contributed by atoms with Gasteiger partial charge in [0.05, 0.1) is 6.54 Å². The molecular formula is C15H13F2N5OS. The van der Waals surface area contributed by atoms with Crippen LogP contribution in [0.25, 0.3) is 0 Å². The largest absolute Gasteiger partial charge is 0.302 e. The van der Waals surface area contributed by atoms with E-state index >= 15 is 0 Å².